The summed E-state index contributed by atoms with van der Waals surface area (Å²) in [5.74, 6) is 0.268. The molecule has 1 heterocycles. The maximum absolute atomic E-state index is 12.9. The second-order valence-electron chi connectivity index (χ2n) is 4.84. The topological polar surface area (TPSA) is 3.24 Å². The molecule has 72 valence electrons. The van der Waals surface area contributed by atoms with Gasteiger partial charge >= 0.3 is 0 Å². The fraction of sp³-hybridized carbons (Fsp3) is 1.00. The van der Waals surface area contributed by atoms with E-state index in [2.05, 4.69) is 25.7 Å². The first-order chi connectivity index (χ1) is 5.41. The summed E-state index contributed by atoms with van der Waals surface area (Å²) in [6, 6.07) is 0. The van der Waals surface area contributed by atoms with Crippen molar-refractivity contribution in [3.63, 3.8) is 0 Å². The molecule has 1 fully saturated rings. The van der Waals surface area contributed by atoms with Crippen LogP contribution in [-0.4, -0.2) is 29.7 Å². The summed E-state index contributed by atoms with van der Waals surface area (Å²) in [5, 5.41) is 0. The minimum atomic E-state index is -0.641. The summed E-state index contributed by atoms with van der Waals surface area (Å²) in [6.07, 6.45) is 0.381. The van der Waals surface area contributed by atoms with Gasteiger partial charge in [-0.05, 0) is 40.7 Å². The zero-order chi connectivity index (χ0) is 9.35. The molecule has 0 aromatic rings. The summed E-state index contributed by atoms with van der Waals surface area (Å²) in [4.78, 5) is 2.37. The monoisotopic (exact) mass is 173 g/mol. The van der Waals surface area contributed by atoms with E-state index in [-0.39, 0.29) is 11.5 Å². The molecule has 2 atom stereocenters. The Morgan fingerprint density at radius 3 is 2.25 bits per heavy atom. The van der Waals surface area contributed by atoms with Crippen LogP contribution in [-0.2, 0) is 0 Å². The molecule has 1 saturated heterocycles. The fourth-order valence-electron chi connectivity index (χ4n) is 1.77. The van der Waals surface area contributed by atoms with E-state index in [1.54, 1.807) is 6.92 Å². The average Bonchev–Trinajstić information content (AvgIpc) is 2.30. The van der Waals surface area contributed by atoms with Crippen molar-refractivity contribution in [2.24, 2.45) is 5.92 Å². The number of nitrogens with zero attached hydrogens (tertiary/aromatic N) is 1. The Hall–Kier alpha value is -0.110. The highest BCUT2D eigenvalue weighted by Crippen LogP contribution is 2.27. The molecule has 0 aromatic carbocycles. The lowest BCUT2D eigenvalue weighted by molar-refractivity contribution is 0.154. The van der Waals surface area contributed by atoms with Gasteiger partial charge in [0, 0.05) is 18.0 Å². The van der Waals surface area contributed by atoms with Gasteiger partial charge in [-0.2, -0.15) is 0 Å². The molecule has 1 rings (SSSR count). The smallest absolute Gasteiger partial charge is 0.101 e. The first kappa shape index (κ1) is 9.97. The van der Waals surface area contributed by atoms with Crippen LogP contribution in [0.5, 0.6) is 0 Å². The van der Waals surface area contributed by atoms with Crippen LogP contribution in [0.4, 0.5) is 4.39 Å². The van der Waals surface area contributed by atoms with Gasteiger partial charge in [-0.25, -0.2) is 4.39 Å². The Bertz CT molecular complexity index is 148. The van der Waals surface area contributed by atoms with E-state index in [4.69, 9.17) is 0 Å². The second-order valence-corrected chi connectivity index (χ2v) is 4.84. The van der Waals surface area contributed by atoms with E-state index in [1.165, 1.54) is 0 Å². The molecule has 0 spiro atoms. The van der Waals surface area contributed by atoms with Gasteiger partial charge in [0.05, 0.1) is 0 Å². The molecule has 12 heavy (non-hydrogen) atoms. The van der Waals surface area contributed by atoms with Gasteiger partial charge in [-0.1, -0.05) is 0 Å². The number of hydrogen-bond donors (Lipinski definition) is 0. The Labute approximate surface area is 74.9 Å². The van der Waals surface area contributed by atoms with Crippen LogP contribution in [0.3, 0.4) is 0 Å². The fourth-order valence-corrected chi connectivity index (χ4v) is 1.77. The van der Waals surface area contributed by atoms with Crippen molar-refractivity contribution < 1.29 is 4.39 Å². The Morgan fingerprint density at radius 2 is 2.00 bits per heavy atom. The maximum Gasteiger partial charge on any atom is 0.101 e. The molecule has 1 nitrogen and oxygen atoms in total. The lowest BCUT2D eigenvalue weighted by Crippen LogP contribution is -2.39. The van der Waals surface area contributed by atoms with Crippen molar-refractivity contribution in [1.29, 1.82) is 0 Å². The number of likely N-dealkylation sites (tertiary alicyclic amines) is 1. The predicted octanol–water partition coefficient (Wildman–Crippen LogP) is 2.46. The minimum absolute atomic E-state index is 0.212. The standard InChI is InChI=1S/C10H20FN/c1-8(11)9-5-6-12(7-9)10(2,3)4/h8-9H,5-7H2,1-4H3/t8?,9-/m1/s1. The quantitative estimate of drug-likeness (QED) is 0.589. The van der Waals surface area contributed by atoms with Gasteiger partial charge in [-0.3, -0.25) is 4.90 Å². The van der Waals surface area contributed by atoms with Gasteiger partial charge in [0.2, 0.25) is 0 Å². The number of rotatable bonds is 1. The lowest BCUT2D eigenvalue weighted by Gasteiger charge is -2.31. The van der Waals surface area contributed by atoms with E-state index < -0.39 is 6.17 Å². The molecule has 0 N–H and O–H groups in total. The SMILES string of the molecule is CC(F)[C@@H]1CCN(C(C)(C)C)C1. The van der Waals surface area contributed by atoms with E-state index in [0.717, 1.165) is 19.5 Å². The van der Waals surface area contributed by atoms with Gasteiger partial charge < -0.3 is 0 Å². The van der Waals surface area contributed by atoms with E-state index in [9.17, 15) is 4.39 Å². The second kappa shape index (κ2) is 3.33. The third-order valence-corrected chi connectivity index (χ3v) is 2.82. The van der Waals surface area contributed by atoms with Crippen LogP contribution in [0.15, 0.2) is 0 Å². The molecule has 0 saturated carbocycles. The normalized spacial score (nSPS) is 29.2. The molecule has 0 bridgehead atoms. The van der Waals surface area contributed by atoms with Crippen molar-refractivity contribution in [3.8, 4) is 0 Å². The molecule has 0 radical (unpaired) electrons. The molecule has 2 heteroatoms. The Morgan fingerprint density at radius 1 is 1.42 bits per heavy atom. The first-order valence-electron chi connectivity index (χ1n) is 4.80. The molecule has 0 amide bonds. The maximum atomic E-state index is 12.9. The highest BCUT2D eigenvalue weighted by atomic mass is 19.1. The summed E-state index contributed by atoms with van der Waals surface area (Å²) in [6.45, 7) is 10.2. The van der Waals surface area contributed by atoms with Crippen LogP contribution < -0.4 is 0 Å². The molecular formula is C10H20FN. The zero-order valence-electron chi connectivity index (χ0n) is 8.60. The Kier molecular flexibility index (Phi) is 2.77. The van der Waals surface area contributed by atoms with Crippen molar-refractivity contribution in [1.82, 2.24) is 4.90 Å². The van der Waals surface area contributed by atoms with E-state index in [0.29, 0.717) is 0 Å². The molecular weight excluding hydrogens is 153 g/mol. The first-order valence-corrected chi connectivity index (χ1v) is 4.80. The van der Waals surface area contributed by atoms with E-state index >= 15 is 0 Å². The van der Waals surface area contributed by atoms with Crippen LogP contribution in [0.25, 0.3) is 0 Å². The lowest BCUT2D eigenvalue weighted by atomic mass is 10.0. The molecule has 1 aliphatic rings. The van der Waals surface area contributed by atoms with Crippen LogP contribution in [0, 0.1) is 5.92 Å². The van der Waals surface area contributed by atoms with Gasteiger partial charge in [0.1, 0.15) is 6.17 Å². The average molecular weight is 173 g/mol. The third kappa shape index (κ3) is 2.19. The summed E-state index contributed by atoms with van der Waals surface area (Å²) >= 11 is 0. The van der Waals surface area contributed by atoms with Crippen LogP contribution in [0.1, 0.15) is 34.1 Å². The van der Waals surface area contributed by atoms with Gasteiger partial charge in [0.15, 0.2) is 0 Å². The minimum Gasteiger partial charge on any atom is -0.298 e. The molecule has 1 unspecified atom stereocenters. The van der Waals surface area contributed by atoms with Crippen LogP contribution in [0.2, 0.25) is 0 Å². The molecule has 0 aromatic heterocycles. The highest BCUT2D eigenvalue weighted by Gasteiger charge is 2.32. The van der Waals surface area contributed by atoms with Gasteiger partial charge in [-0.15, -0.1) is 0 Å². The van der Waals surface area contributed by atoms with Crippen LogP contribution >= 0.6 is 0 Å². The zero-order valence-corrected chi connectivity index (χ0v) is 8.60. The van der Waals surface area contributed by atoms with Gasteiger partial charge in [0.25, 0.3) is 0 Å². The number of alkyl halides is 1. The predicted molar refractivity (Wildman–Crippen MR) is 50.0 cm³/mol. The summed E-state index contributed by atoms with van der Waals surface area (Å²) in [5.41, 5.74) is 0.212. The van der Waals surface area contributed by atoms with Crippen molar-refractivity contribution in [2.45, 2.75) is 45.8 Å². The Balaban J connectivity index is 2.46. The highest BCUT2D eigenvalue weighted by molar-refractivity contribution is 4.86. The van der Waals surface area contributed by atoms with Crippen molar-refractivity contribution >= 4 is 0 Å². The summed E-state index contributed by atoms with van der Waals surface area (Å²) < 4.78 is 12.9. The van der Waals surface area contributed by atoms with Crippen molar-refractivity contribution in [3.05, 3.63) is 0 Å². The largest absolute Gasteiger partial charge is 0.298 e. The summed E-state index contributed by atoms with van der Waals surface area (Å²) in [7, 11) is 0. The third-order valence-electron chi connectivity index (χ3n) is 2.82. The number of hydrogen-bond acceptors (Lipinski definition) is 1. The number of halogens is 1. The van der Waals surface area contributed by atoms with Crippen molar-refractivity contribution in [2.75, 3.05) is 13.1 Å². The van der Waals surface area contributed by atoms with E-state index in [1.807, 2.05) is 0 Å². The molecule has 1 aliphatic heterocycles. The molecule has 0 aliphatic carbocycles.